The normalized spacial score (nSPS) is 12.0. The van der Waals surface area contributed by atoms with Crippen LogP contribution in [0, 0.1) is 0 Å². The predicted octanol–water partition coefficient (Wildman–Crippen LogP) is 2.17. The molecule has 128 valence electrons. The van der Waals surface area contributed by atoms with Crippen LogP contribution >= 0.6 is 0 Å². The van der Waals surface area contributed by atoms with E-state index in [1.54, 1.807) is 6.07 Å². The van der Waals surface area contributed by atoms with Crippen LogP contribution in [0.15, 0.2) is 48.8 Å². The highest BCUT2D eigenvalue weighted by atomic mass is 16.4. The Morgan fingerprint density at radius 1 is 1.24 bits per heavy atom. The number of nitrogens with zero attached hydrogens (tertiary/aromatic N) is 2. The van der Waals surface area contributed by atoms with Gasteiger partial charge in [0.1, 0.15) is 6.54 Å². The van der Waals surface area contributed by atoms with Crippen LogP contribution in [0.3, 0.4) is 0 Å². The van der Waals surface area contributed by atoms with Gasteiger partial charge in [-0.1, -0.05) is 30.3 Å². The zero-order valence-corrected chi connectivity index (χ0v) is 13.5. The Morgan fingerprint density at radius 2 is 1.96 bits per heavy atom. The largest absolute Gasteiger partial charge is 0.505 e. The summed E-state index contributed by atoms with van der Waals surface area (Å²) in [5.41, 5.74) is 1.59. The number of carboxylic acid groups (broad SMARTS) is 1. The number of amides is 1. The summed E-state index contributed by atoms with van der Waals surface area (Å²) in [6.07, 6.45) is 3.33. The molecule has 2 heterocycles. The number of pyridine rings is 1. The van der Waals surface area contributed by atoms with E-state index >= 15 is 0 Å². The minimum Gasteiger partial charge on any atom is -0.505 e. The highest BCUT2D eigenvalue weighted by Gasteiger charge is 2.19. The third-order valence-electron chi connectivity index (χ3n) is 4.07. The maximum atomic E-state index is 12.0. The van der Waals surface area contributed by atoms with Crippen LogP contribution in [0.25, 0.3) is 10.9 Å². The summed E-state index contributed by atoms with van der Waals surface area (Å²) in [4.78, 5) is 26.5. The molecule has 3 N–H and O–H groups in total. The number of aromatic hydroxyl groups is 1. The summed E-state index contributed by atoms with van der Waals surface area (Å²) < 4.78 is 1.95. The SMILES string of the molecule is CC(c1ccccc1)n1ccc2c(O)c(C(=O)NCC(=O)O)ncc21. The van der Waals surface area contributed by atoms with Crippen LogP contribution in [-0.2, 0) is 4.79 Å². The van der Waals surface area contributed by atoms with Crippen molar-refractivity contribution >= 4 is 22.8 Å². The first-order valence-electron chi connectivity index (χ1n) is 7.72. The number of fused-ring (bicyclic) bond motifs is 1. The average molecular weight is 339 g/mol. The van der Waals surface area contributed by atoms with Gasteiger partial charge in [-0.05, 0) is 18.6 Å². The van der Waals surface area contributed by atoms with Gasteiger partial charge >= 0.3 is 5.97 Å². The molecular formula is C18H17N3O4. The fraction of sp³-hybridized carbons (Fsp3) is 0.167. The third-order valence-corrected chi connectivity index (χ3v) is 4.07. The summed E-state index contributed by atoms with van der Waals surface area (Å²) in [6.45, 7) is 1.49. The van der Waals surface area contributed by atoms with Gasteiger partial charge in [0.15, 0.2) is 11.4 Å². The quantitative estimate of drug-likeness (QED) is 0.661. The maximum absolute atomic E-state index is 12.0. The number of nitrogens with one attached hydrogen (secondary N) is 1. The summed E-state index contributed by atoms with van der Waals surface area (Å²) in [5, 5.41) is 21.7. The van der Waals surface area contributed by atoms with Gasteiger partial charge in [-0.25, -0.2) is 4.98 Å². The van der Waals surface area contributed by atoms with E-state index in [1.165, 1.54) is 6.20 Å². The number of carbonyl (C=O) groups is 2. The molecule has 2 aromatic heterocycles. The van der Waals surface area contributed by atoms with Crippen molar-refractivity contribution < 1.29 is 19.8 Å². The lowest BCUT2D eigenvalue weighted by Crippen LogP contribution is -2.29. The van der Waals surface area contributed by atoms with E-state index in [-0.39, 0.29) is 17.5 Å². The molecule has 0 fully saturated rings. The van der Waals surface area contributed by atoms with Crippen molar-refractivity contribution in [3.8, 4) is 5.75 Å². The van der Waals surface area contributed by atoms with E-state index in [9.17, 15) is 14.7 Å². The number of carbonyl (C=O) groups excluding carboxylic acids is 1. The van der Waals surface area contributed by atoms with Crippen molar-refractivity contribution in [2.75, 3.05) is 6.54 Å². The molecule has 25 heavy (non-hydrogen) atoms. The van der Waals surface area contributed by atoms with Crippen molar-refractivity contribution in [2.45, 2.75) is 13.0 Å². The van der Waals surface area contributed by atoms with Gasteiger partial charge < -0.3 is 20.1 Å². The molecule has 0 aliphatic rings. The molecule has 0 radical (unpaired) electrons. The molecule has 1 amide bonds. The van der Waals surface area contributed by atoms with Gasteiger partial charge in [-0.2, -0.15) is 0 Å². The number of rotatable bonds is 5. The highest BCUT2D eigenvalue weighted by Crippen LogP contribution is 2.31. The first-order chi connectivity index (χ1) is 12.0. The number of hydrogen-bond acceptors (Lipinski definition) is 4. The Labute approximate surface area is 143 Å². The Bertz CT molecular complexity index is 934. The summed E-state index contributed by atoms with van der Waals surface area (Å²) in [6, 6.07) is 11.6. The van der Waals surface area contributed by atoms with Gasteiger partial charge in [0, 0.05) is 11.6 Å². The number of aliphatic carboxylic acids is 1. The van der Waals surface area contributed by atoms with Crippen molar-refractivity contribution in [1.82, 2.24) is 14.9 Å². The molecule has 0 aliphatic carbocycles. The van der Waals surface area contributed by atoms with E-state index in [0.29, 0.717) is 10.9 Å². The molecule has 3 rings (SSSR count). The molecule has 1 unspecified atom stereocenters. The highest BCUT2D eigenvalue weighted by molar-refractivity contribution is 6.01. The lowest BCUT2D eigenvalue weighted by Gasteiger charge is -2.16. The molecule has 0 saturated carbocycles. The van der Waals surface area contributed by atoms with Crippen LogP contribution in [0.2, 0.25) is 0 Å². The Morgan fingerprint density at radius 3 is 2.64 bits per heavy atom. The molecule has 3 aromatic rings. The smallest absolute Gasteiger partial charge is 0.322 e. The van der Waals surface area contributed by atoms with Crippen molar-refractivity contribution in [3.63, 3.8) is 0 Å². The average Bonchev–Trinajstić information content (AvgIpc) is 3.05. The monoisotopic (exact) mass is 339 g/mol. The number of aromatic nitrogens is 2. The number of hydrogen-bond donors (Lipinski definition) is 3. The van der Waals surface area contributed by atoms with Crippen molar-refractivity contribution in [1.29, 1.82) is 0 Å². The second-order valence-electron chi connectivity index (χ2n) is 5.64. The number of benzene rings is 1. The molecule has 0 bridgehead atoms. The lowest BCUT2D eigenvalue weighted by atomic mass is 10.1. The zero-order valence-electron chi connectivity index (χ0n) is 13.5. The summed E-state index contributed by atoms with van der Waals surface area (Å²) in [5.74, 6) is -2.16. The van der Waals surface area contributed by atoms with E-state index in [4.69, 9.17) is 5.11 Å². The minimum atomic E-state index is -1.17. The standard InChI is InChI=1S/C18H17N3O4/c1-11(12-5-3-2-4-6-12)21-8-7-13-14(21)9-19-16(17(13)24)18(25)20-10-15(22)23/h2-9,11,24H,10H2,1H3,(H,20,25)(H,22,23). The molecule has 0 spiro atoms. The Balaban J connectivity index is 1.97. The molecule has 1 atom stereocenters. The van der Waals surface area contributed by atoms with E-state index in [0.717, 1.165) is 5.56 Å². The Hall–Kier alpha value is -3.35. The second kappa shape index (κ2) is 6.64. The molecular weight excluding hydrogens is 322 g/mol. The molecule has 0 saturated heterocycles. The van der Waals surface area contributed by atoms with Crippen molar-refractivity contribution in [2.24, 2.45) is 0 Å². The lowest BCUT2D eigenvalue weighted by molar-refractivity contribution is -0.135. The summed E-state index contributed by atoms with van der Waals surface area (Å²) in [7, 11) is 0. The molecule has 7 heteroatoms. The fourth-order valence-corrected chi connectivity index (χ4v) is 2.75. The molecule has 0 aliphatic heterocycles. The first-order valence-corrected chi connectivity index (χ1v) is 7.72. The van der Waals surface area contributed by atoms with Gasteiger partial charge in [-0.15, -0.1) is 0 Å². The summed E-state index contributed by atoms with van der Waals surface area (Å²) >= 11 is 0. The number of carboxylic acids is 1. The molecule has 1 aromatic carbocycles. The van der Waals surface area contributed by atoms with Crippen molar-refractivity contribution in [3.05, 3.63) is 60.0 Å². The zero-order chi connectivity index (χ0) is 18.0. The van der Waals surface area contributed by atoms with E-state index < -0.39 is 18.4 Å². The first kappa shape index (κ1) is 16.5. The molecule has 7 nitrogen and oxygen atoms in total. The predicted molar refractivity (Wildman–Crippen MR) is 91.6 cm³/mol. The van der Waals surface area contributed by atoms with E-state index in [2.05, 4.69) is 10.3 Å². The van der Waals surface area contributed by atoms with Crippen LogP contribution in [0.1, 0.15) is 29.0 Å². The maximum Gasteiger partial charge on any atom is 0.322 e. The van der Waals surface area contributed by atoms with Gasteiger partial charge in [-0.3, -0.25) is 9.59 Å². The second-order valence-corrected chi connectivity index (χ2v) is 5.64. The van der Waals surface area contributed by atoms with Crippen LogP contribution in [0.5, 0.6) is 5.75 Å². The van der Waals surface area contributed by atoms with E-state index in [1.807, 2.05) is 48.0 Å². The Kier molecular flexibility index (Phi) is 4.38. The third kappa shape index (κ3) is 3.16. The topological polar surface area (TPSA) is 104 Å². The minimum absolute atomic E-state index is 0.0200. The van der Waals surface area contributed by atoms with Gasteiger partial charge in [0.2, 0.25) is 0 Å². The fourth-order valence-electron chi connectivity index (χ4n) is 2.75. The van der Waals surface area contributed by atoms with Crippen LogP contribution in [0.4, 0.5) is 0 Å². The van der Waals surface area contributed by atoms with Crippen LogP contribution < -0.4 is 5.32 Å². The van der Waals surface area contributed by atoms with Crippen LogP contribution in [-0.4, -0.2) is 38.2 Å². The van der Waals surface area contributed by atoms with Gasteiger partial charge in [0.05, 0.1) is 17.8 Å². The van der Waals surface area contributed by atoms with Gasteiger partial charge in [0.25, 0.3) is 5.91 Å².